The van der Waals surface area contributed by atoms with Gasteiger partial charge >= 0.3 is 0 Å². The van der Waals surface area contributed by atoms with Gasteiger partial charge in [-0.3, -0.25) is 4.79 Å². The van der Waals surface area contributed by atoms with Crippen molar-refractivity contribution in [1.29, 1.82) is 0 Å². The van der Waals surface area contributed by atoms with Crippen molar-refractivity contribution in [2.45, 2.75) is 26.2 Å². The van der Waals surface area contributed by atoms with Crippen LogP contribution in [-0.4, -0.2) is 19.0 Å². The molecular weight excluding hydrogens is 238 g/mol. The third-order valence-electron chi connectivity index (χ3n) is 2.45. The average Bonchev–Trinajstić information content (AvgIpc) is 2.34. The fraction of sp³-hybridized carbons (Fsp3) is 0.462. The van der Waals surface area contributed by atoms with E-state index in [0.717, 1.165) is 37.9 Å². The zero-order valence-corrected chi connectivity index (χ0v) is 10.4. The number of amides is 1. The fourth-order valence-corrected chi connectivity index (χ4v) is 1.48. The molecule has 100 valence electrons. The first-order chi connectivity index (χ1) is 8.63. The second-order valence-electron chi connectivity index (χ2n) is 4.06. The zero-order chi connectivity index (χ0) is 13.4. The van der Waals surface area contributed by atoms with Crippen LogP contribution in [0.1, 0.15) is 26.2 Å². The first-order valence-electron chi connectivity index (χ1n) is 6.09. The summed E-state index contributed by atoms with van der Waals surface area (Å²) in [4.78, 5) is 11.5. The van der Waals surface area contributed by atoms with Gasteiger partial charge in [0, 0.05) is 11.8 Å². The Kier molecular flexibility index (Phi) is 6.28. The maximum atomic E-state index is 12.9. The SMILES string of the molecule is CCCCCNCC(=O)Nc1ccc(F)c(F)c1. The lowest BCUT2D eigenvalue weighted by molar-refractivity contribution is -0.115. The Balaban J connectivity index is 2.29. The van der Waals surface area contributed by atoms with E-state index >= 15 is 0 Å². The molecule has 0 saturated carbocycles. The van der Waals surface area contributed by atoms with Crippen LogP contribution in [0.2, 0.25) is 0 Å². The van der Waals surface area contributed by atoms with E-state index in [-0.39, 0.29) is 18.1 Å². The molecule has 1 amide bonds. The lowest BCUT2D eigenvalue weighted by Crippen LogP contribution is -2.28. The third-order valence-corrected chi connectivity index (χ3v) is 2.45. The van der Waals surface area contributed by atoms with Crippen molar-refractivity contribution in [3.63, 3.8) is 0 Å². The van der Waals surface area contributed by atoms with Crippen molar-refractivity contribution in [2.24, 2.45) is 0 Å². The Morgan fingerprint density at radius 3 is 2.67 bits per heavy atom. The molecule has 0 aliphatic rings. The summed E-state index contributed by atoms with van der Waals surface area (Å²) in [7, 11) is 0. The maximum Gasteiger partial charge on any atom is 0.238 e. The first kappa shape index (κ1) is 14.6. The molecule has 5 heteroatoms. The quantitative estimate of drug-likeness (QED) is 0.736. The minimum Gasteiger partial charge on any atom is -0.325 e. The first-order valence-corrected chi connectivity index (χ1v) is 6.09. The van der Waals surface area contributed by atoms with Crippen LogP contribution in [0.4, 0.5) is 14.5 Å². The predicted molar refractivity (Wildman–Crippen MR) is 67.4 cm³/mol. The molecule has 0 aliphatic heterocycles. The smallest absolute Gasteiger partial charge is 0.238 e. The van der Waals surface area contributed by atoms with Gasteiger partial charge in [0.05, 0.1) is 6.54 Å². The third kappa shape index (κ3) is 5.23. The van der Waals surface area contributed by atoms with Crippen molar-refractivity contribution < 1.29 is 13.6 Å². The number of nitrogens with one attached hydrogen (secondary N) is 2. The number of benzene rings is 1. The van der Waals surface area contributed by atoms with Gasteiger partial charge in [0.15, 0.2) is 11.6 Å². The normalized spacial score (nSPS) is 10.4. The summed E-state index contributed by atoms with van der Waals surface area (Å²) in [5.74, 6) is -2.16. The molecule has 0 radical (unpaired) electrons. The van der Waals surface area contributed by atoms with Crippen molar-refractivity contribution in [2.75, 3.05) is 18.4 Å². The molecule has 0 aromatic heterocycles. The van der Waals surface area contributed by atoms with Crippen LogP contribution < -0.4 is 10.6 Å². The Hall–Kier alpha value is -1.49. The molecule has 1 aromatic rings. The number of rotatable bonds is 7. The highest BCUT2D eigenvalue weighted by molar-refractivity contribution is 5.92. The Morgan fingerprint density at radius 2 is 2.00 bits per heavy atom. The van der Waals surface area contributed by atoms with E-state index in [1.54, 1.807) is 0 Å². The zero-order valence-electron chi connectivity index (χ0n) is 10.4. The lowest BCUT2D eigenvalue weighted by atomic mass is 10.2. The Labute approximate surface area is 106 Å². The van der Waals surface area contributed by atoms with Gasteiger partial charge in [0.1, 0.15) is 0 Å². The molecule has 0 atom stereocenters. The molecule has 3 nitrogen and oxygen atoms in total. The summed E-state index contributed by atoms with van der Waals surface area (Å²) in [5.41, 5.74) is 0.259. The average molecular weight is 256 g/mol. The van der Waals surface area contributed by atoms with Gasteiger partial charge in [-0.1, -0.05) is 19.8 Å². The van der Waals surface area contributed by atoms with Gasteiger partial charge in [0.25, 0.3) is 0 Å². The summed E-state index contributed by atoms with van der Waals surface area (Å²) in [6.07, 6.45) is 3.27. The van der Waals surface area contributed by atoms with Gasteiger partial charge in [-0.15, -0.1) is 0 Å². The number of halogens is 2. The number of carbonyl (C=O) groups is 1. The number of anilines is 1. The largest absolute Gasteiger partial charge is 0.325 e. The molecule has 0 aliphatic carbocycles. The van der Waals surface area contributed by atoms with Gasteiger partial charge in [-0.25, -0.2) is 8.78 Å². The standard InChI is InChI=1S/C13H18F2N2O/c1-2-3-4-7-16-9-13(18)17-10-5-6-11(14)12(15)8-10/h5-6,8,16H,2-4,7,9H2,1H3,(H,17,18). The van der Waals surface area contributed by atoms with E-state index in [1.165, 1.54) is 6.07 Å². The van der Waals surface area contributed by atoms with Crippen molar-refractivity contribution >= 4 is 11.6 Å². The van der Waals surface area contributed by atoms with Gasteiger partial charge in [-0.05, 0) is 25.1 Å². The van der Waals surface area contributed by atoms with Crippen molar-refractivity contribution in [3.05, 3.63) is 29.8 Å². The van der Waals surface area contributed by atoms with Gasteiger partial charge in [-0.2, -0.15) is 0 Å². The molecule has 0 heterocycles. The summed E-state index contributed by atoms with van der Waals surface area (Å²) in [6, 6.07) is 3.28. The van der Waals surface area contributed by atoms with E-state index in [2.05, 4.69) is 17.6 Å². The van der Waals surface area contributed by atoms with Crippen LogP contribution in [0, 0.1) is 11.6 Å². The van der Waals surface area contributed by atoms with E-state index in [4.69, 9.17) is 0 Å². The van der Waals surface area contributed by atoms with Crippen LogP contribution in [-0.2, 0) is 4.79 Å². The number of carbonyl (C=O) groups excluding carboxylic acids is 1. The molecule has 0 unspecified atom stereocenters. The highest BCUT2D eigenvalue weighted by atomic mass is 19.2. The monoisotopic (exact) mass is 256 g/mol. The van der Waals surface area contributed by atoms with E-state index in [1.807, 2.05) is 0 Å². The molecule has 1 rings (SSSR count). The topological polar surface area (TPSA) is 41.1 Å². The molecule has 0 bridgehead atoms. The number of unbranched alkanes of at least 4 members (excludes halogenated alkanes) is 2. The van der Waals surface area contributed by atoms with Crippen LogP contribution in [0.15, 0.2) is 18.2 Å². The Bertz CT molecular complexity index is 397. The van der Waals surface area contributed by atoms with E-state index in [9.17, 15) is 13.6 Å². The summed E-state index contributed by atoms with van der Waals surface area (Å²) in [6.45, 7) is 3.05. The Morgan fingerprint density at radius 1 is 1.22 bits per heavy atom. The van der Waals surface area contributed by atoms with Crippen LogP contribution in [0.25, 0.3) is 0 Å². The van der Waals surface area contributed by atoms with Crippen LogP contribution in [0.3, 0.4) is 0 Å². The van der Waals surface area contributed by atoms with E-state index in [0.29, 0.717) is 0 Å². The summed E-state index contributed by atoms with van der Waals surface area (Å²) < 4.78 is 25.5. The summed E-state index contributed by atoms with van der Waals surface area (Å²) in [5, 5.41) is 5.48. The maximum absolute atomic E-state index is 12.9. The van der Waals surface area contributed by atoms with Gasteiger partial charge < -0.3 is 10.6 Å². The molecule has 1 aromatic carbocycles. The lowest BCUT2D eigenvalue weighted by Gasteiger charge is -2.06. The van der Waals surface area contributed by atoms with E-state index < -0.39 is 11.6 Å². The molecule has 2 N–H and O–H groups in total. The number of hydrogen-bond acceptors (Lipinski definition) is 2. The number of hydrogen-bond donors (Lipinski definition) is 2. The highest BCUT2D eigenvalue weighted by Gasteiger charge is 2.05. The molecular formula is C13H18F2N2O. The molecule has 0 fully saturated rings. The molecule has 0 spiro atoms. The van der Waals surface area contributed by atoms with Crippen LogP contribution in [0.5, 0.6) is 0 Å². The van der Waals surface area contributed by atoms with Crippen molar-refractivity contribution in [3.8, 4) is 0 Å². The van der Waals surface area contributed by atoms with Gasteiger partial charge in [0.2, 0.25) is 5.91 Å². The molecule has 0 saturated heterocycles. The highest BCUT2D eigenvalue weighted by Crippen LogP contribution is 2.12. The summed E-state index contributed by atoms with van der Waals surface area (Å²) >= 11 is 0. The minimum atomic E-state index is -0.969. The second-order valence-corrected chi connectivity index (χ2v) is 4.06. The second kappa shape index (κ2) is 7.76. The predicted octanol–water partition coefficient (Wildman–Crippen LogP) is 2.68. The molecule has 18 heavy (non-hydrogen) atoms. The van der Waals surface area contributed by atoms with Crippen LogP contribution >= 0.6 is 0 Å². The van der Waals surface area contributed by atoms with Crippen molar-refractivity contribution in [1.82, 2.24) is 5.32 Å². The minimum absolute atomic E-state index is 0.169. The fourth-order valence-electron chi connectivity index (χ4n) is 1.48.